The average molecular weight is 232 g/mol. The molecule has 0 heterocycles. The van der Waals surface area contributed by atoms with Gasteiger partial charge in [-0.25, -0.2) is 8.78 Å². The number of rotatable bonds is 4. The van der Waals surface area contributed by atoms with E-state index >= 15 is 0 Å². The first kappa shape index (κ1) is 12.8. The fraction of sp³-hybridized carbons (Fsp3) is 0.400. The second kappa shape index (κ2) is 5.20. The predicted molar refractivity (Wildman–Crippen MR) is 55.4 cm³/mol. The van der Waals surface area contributed by atoms with Crippen LogP contribution in [-0.4, -0.2) is 22.9 Å². The molecule has 1 aromatic rings. The maximum absolute atomic E-state index is 13.1. The van der Waals surface area contributed by atoms with E-state index in [0.717, 1.165) is 6.07 Å². The molecule has 0 aliphatic carbocycles. The molecule has 90 valence electrons. The average Bonchev–Trinajstić information content (AvgIpc) is 2.22. The maximum atomic E-state index is 13.1. The zero-order valence-corrected chi connectivity index (χ0v) is 8.53. The molecule has 2 unspecified atom stereocenters. The first-order chi connectivity index (χ1) is 7.47. The molecule has 0 amide bonds. The normalized spacial score (nSPS) is 14.8. The summed E-state index contributed by atoms with van der Waals surface area (Å²) in [7, 11) is 0. The monoisotopic (exact) mass is 232 g/mol. The number of halogens is 2. The minimum absolute atomic E-state index is 0.110. The summed E-state index contributed by atoms with van der Waals surface area (Å²) < 4.78 is 26.0. The lowest BCUT2D eigenvalue weighted by Crippen LogP contribution is -2.23. The van der Waals surface area contributed by atoms with Crippen LogP contribution >= 0.6 is 0 Å². The highest BCUT2D eigenvalue weighted by Crippen LogP contribution is 2.27. The van der Waals surface area contributed by atoms with E-state index in [2.05, 4.69) is 0 Å². The van der Waals surface area contributed by atoms with Gasteiger partial charge in [0.15, 0.2) is 0 Å². The van der Waals surface area contributed by atoms with Gasteiger partial charge in [0.1, 0.15) is 17.7 Å². The summed E-state index contributed by atoms with van der Waals surface area (Å²) in [5.41, 5.74) is 10.00. The van der Waals surface area contributed by atoms with Gasteiger partial charge in [-0.3, -0.25) is 0 Å². The van der Waals surface area contributed by atoms with Crippen molar-refractivity contribution in [1.82, 2.24) is 0 Å². The van der Waals surface area contributed by atoms with E-state index in [1.807, 2.05) is 0 Å². The van der Waals surface area contributed by atoms with Crippen LogP contribution in [0.4, 0.5) is 14.5 Å². The zero-order chi connectivity index (χ0) is 12.3. The van der Waals surface area contributed by atoms with Gasteiger partial charge in [-0.1, -0.05) is 0 Å². The number of benzene rings is 1. The Kier molecular flexibility index (Phi) is 4.17. The molecule has 0 aliphatic rings. The fourth-order valence-electron chi connectivity index (χ4n) is 1.39. The van der Waals surface area contributed by atoms with E-state index in [4.69, 9.17) is 11.5 Å². The predicted octanol–water partition coefficient (Wildman–Crippen LogP) is 0.290. The van der Waals surface area contributed by atoms with Crippen molar-refractivity contribution < 1.29 is 19.0 Å². The quantitative estimate of drug-likeness (QED) is 0.561. The van der Waals surface area contributed by atoms with E-state index in [0.29, 0.717) is 6.07 Å². The van der Waals surface area contributed by atoms with Gasteiger partial charge in [0, 0.05) is 11.6 Å². The number of hydrogen-bond acceptors (Lipinski definition) is 4. The minimum Gasteiger partial charge on any atom is -0.396 e. The molecule has 0 radical (unpaired) electrons. The summed E-state index contributed by atoms with van der Waals surface area (Å²) in [6.07, 6.45) is -2.54. The van der Waals surface area contributed by atoms with E-state index in [-0.39, 0.29) is 24.2 Å². The molecule has 0 fully saturated rings. The molecule has 1 rings (SSSR count). The lowest BCUT2D eigenvalue weighted by molar-refractivity contribution is 0.0151. The first-order valence-corrected chi connectivity index (χ1v) is 4.78. The van der Waals surface area contributed by atoms with Crippen molar-refractivity contribution in [2.75, 3.05) is 12.3 Å². The fourth-order valence-corrected chi connectivity index (χ4v) is 1.39. The van der Waals surface area contributed by atoms with Crippen LogP contribution in [0, 0.1) is 11.6 Å². The van der Waals surface area contributed by atoms with Gasteiger partial charge in [0.25, 0.3) is 0 Å². The summed E-state index contributed by atoms with van der Waals surface area (Å²) >= 11 is 0. The molecule has 0 bridgehead atoms. The number of hydrogen-bond donors (Lipinski definition) is 4. The van der Waals surface area contributed by atoms with Crippen LogP contribution in [0.3, 0.4) is 0 Å². The van der Waals surface area contributed by atoms with Gasteiger partial charge in [-0.2, -0.15) is 0 Å². The van der Waals surface area contributed by atoms with Gasteiger partial charge in [-0.15, -0.1) is 0 Å². The van der Waals surface area contributed by atoms with Gasteiger partial charge in [0.05, 0.1) is 11.8 Å². The molecule has 16 heavy (non-hydrogen) atoms. The Morgan fingerprint density at radius 2 is 1.88 bits per heavy atom. The van der Waals surface area contributed by atoms with Crippen molar-refractivity contribution >= 4 is 5.69 Å². The van der Waals surface area contributed by atoms with Crippen molar-refractivity contribution in [1.29, 1.82) is 0 Å². The lowest BCUT2D eigenvalue weighted by atomic mass is 10.00. The van der Waals surface area contributed by atoms with E-state index in [1.54, 1.807) is 0 Å². The van der Waals surface area contributed by atoms with Crippen LogP contribution in [-0.2, 0) is 0 Å². The van der Waals surface area contributed by atoms with Gasteiger partial charge in [0.2, 0.25) is 0 Å². The van der Waals surface area contributed by atoms with Gasteiger partial charge in [-0.05, 0) is 19.0 Å². The Bertz CT molecular complexity index is 374. The molecule has 0 saturated carbocycles. The van der Waals surface area contributed by atoms with E-state index < -0.39 is 23.8 Å². The SMILES string of the molecule is NCCC(O)C(O)c1cc(F)cc(F)c1N. The molecule has 0 aliphatic heterocycles. The lowest BCUT2D eigenvalue weighted by Gasteiger charge is -2.19. The van der Waals surface area contributed by atoms with E-state index in [9.17, 15) is 19.0 Å². The van der Waals surface area contributed by atoms with Crippen LogP contribution < -0.4 is 11.5 Å². The van der Waals surface area contributed by atoms with Crippen LogP contribution in [0.25, 0.3) is 0 Å². The molecule has 4 nitrogen and oxygen atoms in total. The molecule has 6 heteroatoms. The van der Waals surface area contributed by atoms with Crippen molar-refractivity contribution in [2.24, 2.45) is 5.73 Å². The van der Waals surface area contributed by atoms with Crippen LogP contribution in [0.15, 0.2) is 12.1 Å². The second-order valence-corrected chi connectivity index (χ2v) is 3.48. The summed E-state index contributed by atoms with van der Waals surface area (Å²) in [5.74, 6) is -1.82. The molecular weight excluding hydrogens is 218 g/mol. The highest BCUT2D eigenvalue weighted by Gasteiger charge is 2.22. The van der Waals surface area contributed by atoms with Gasteiger partial charge >= 0.3 is 0 Å². The third-order valence-corrected chi connectivity index (χ3v) is 2.27. The Morgan fingerprint density at radius 3 is 2.44 bits per heavy atom. The maximum Gasteiger partial charge on any atom is 0.149 e. The van der Waals surface area contributed by atoms with Crippen LogP contribution in [0.1, 0.15) is 18.1 Å². The molecule has 1 aromatic carbocycles. The van der Waals surface area contributed by atoms with Crippen LogP contribution in [0.5, 0.6) is 0 Å². The number of nitrogens with two attached hydrogens (primary N) is 2. The number of nitrogen functional groups attached to an aromatic ring is 1. The highest BCUT2D eigenvalue weighted by molar-refractivity contribution is 5.49. The third-order valence-electron chi connectivity index (χ3n) is 2.27. The molecule has 0 aromatic heterocycles. The molecule has 2 atom stereocenters. The second-order valence-electron chi connectivity index (χ2n) is 3.48. The summed E-state index contributed by atoms with van der Waals surface area (Å²) in [4.78, 5) is 0. The largest absolute Gasteiger partial charge is 0.396 e. The molecular formula is C10H14F2N2O2. The van der Waals surface area contributed by atoms with E-state index in [1.165, 1.54) is 0 Å². The van der Waals surface area contributed by atoms with Crippen molar-refractivity contribution in [2.45, 2.75) is 18.6 Å². The summed E-state index contributed by atoms with van der Waals surface area (Å²) in [6, 6.07) is 1.50. The third kappa shape index (κ3) is 2.66. The van der Waals surface area contributed by atoms with Crippen molar-refractivity contribution in [3.8, 4) is 0 Å². The topological polar surface area (TPSA) is 92.5 Å². The minimum atomic E-state index is -1.45. The zero-order valence-electron chi connectivity index (χ0n) is 8.53. The number of anilines is 1. The van der Waals surface area contributed by atoms with Crippen molar-refractivity contribution in [3.05, 3.63) is 29.3 Å². The Hall–Kier alpha value is -1.24. The molecule has 0 saturated heterocycles. The van der Waals surface area contributed by atoms with Crippen molar-refractivity contribution in [3.63, 3.8) is 0 Å². The van der Waals surface area contributed by atoms with Gasteiger partial charge < -0.3 is 21.7 Å². The molecule has 6 N–H and O–H groups in total. The number of aliphatic hydroxyl groups excluding tert-OH is 2. The smallest absolute Gasteiger partial charge is 0.149 e. The Balaban J connectivity index is 3.03. The standard InChI is InChI=1S/C10H14F2N2O2/c11-5-3-6(9(14)7(12)4-5)10(16)8(15)1-2-13/h3-4,8,10,15-16H,1-2,13-14H2. The highest BCUT2D eigenvalue weighted by atomic mass is 19.1. The Labute approximate surface area is 91.5 Å². The summed E-state index contributed by atoms with van der Waals surface area (Å²) in [5, 5.41) is 19.1. The van der Waals surface area contributed by atoms with Crippen LogP contribution in [0.2, 0.25) is 0 Å². The Morgan fingerprint density at radius 1 is 1.25 bits per heavy atom. The molecule has 0 spiro atoms. The number of aliphatic hydroxyl groups is 2. The first-order valence-electron chi connectivity index (χ1n) is 4.78. The summed E-state index contributed by atoms with van der Waals surface area (Å²) in [6.45, 7) is 0.149.